The number of hydrogen-bond donors (Lipinski definition) is 1. The molecule has 1 N–H and O–H groups in total. The van der Waals surface area contributed by atoms with Crippen molar-refractivity contribution in [3.63, 3.8) is 0 Å². The number of carbonyl (C=O) groups excluding carboxylic acids is 2. The first-order chi connectivity index (χ1) is 17.9. The van der Waals surface area contributed by atoms with Gasteiger partial charge in [0.1, 0.15) is 5.76 Å². The number of aliphatic hydroxyl groups excluding tert-OH is 1. The van der Waals surface area contributed by atoms with E-state index in [-0.39, 0.29) is 24.0 Å². The van der Waals surface area contributed by atoms with Crippen LogP contribution in [0.15, 0.2) is 35.9 Å². The van der Waals surface area contributed by atoms with Gasteiger partial charge in [0, 0.05) is 18.7 Å². The van der Waals surface area contributed by atoms with Gasteiger partial charge in [-0.2, -0.15) is 0 Å². The zero-order valence-corrected chi connectivity index (χ0v) is 21.5. The highest BCUT2D eigenvalue weighted by Gasteiger charge is 2.47. The molecule has 2 atom stereocenters. The van der Waals surface area contributed by atoms with Gasteiger partial charge in [0.25, 0.3) is 11.7 Å². The van der Waals surface area contributed by atoms with Crippen molar-refractivity contribution in [3.05, 3.63) is 47.0 Å². The summed E-state index contributed by atoms with van der Waals surface area (Å²) in [5.41, 5.74) is 0.739. The van der Waals surface area contributed by atoms with Crippen molar-refractivity contribution in [2.45, 2.75) is 25.0 Å². The van der Waals surface area contributed by atoms with Crippen molar-refractivity contribution in [1.82, 2.24) is 4.90 Å². The molecule has 1 amide bonds. The topological polar surface area (TPSA) is 113 Å². The maximum absolute atomic E-state index is 13.4. The molecule has 0 unspecified atom stereocenters. The van der Waals surface area contributed by atoms with Crippen molar-refractivity contribution >= 4 is 17.4 Å². The first-order valence-corrected chi connectivity index (χ1v) is 11.8. The Balaban J connectivity index is 1.92. The molecule has 0 saturated carbocycles. The van der Waals surface area contributed by atoms with Crippen LogP contribution in [-0.4, -0.2) is 76.5 Å². The molecule has 2 fully saturated rings. The molecule has 4 rings (SSSR count). The van der Waals surface area contributed by atoms with E-state index >= 15 is 0 Å². The molecule has 10 heteroatoms. The Morgan fingerprint density at radius 2 is 1.57 bits per heavy atom. The number of methoxy groups -OCH3 is 5. The van der Waals surface area contributed by atoms with Crippen LogP contribution in [0.25, 0.3) is 5.76 Å². The summed E-state index contributed by atoms with van der Waals surface area (Å²) in [6.07, 6.45) is 1.42. The van der Waals surface area contributed by atoms with Crippen molar-refractivity contribution in [2.24, 2.45) is 0 Å². The van der Waals surface area contributed by atoms with Crippen LogP contribution in [-0.2, 0) is 14.3 Å². The Bertz CT molecular complexity index is 1190. The molecule has 0 bridgehead atoms. The normalized spacial score (nSPS) is 20.7. The molecule has 0 radical (unpaired) electrons. The van der Waals surface area contributed by atoms with Crippen LogP contribution in [0.5, 0.6) is 28.7 Å². The average molecular weight is 514 g/mol. The lowest BCUT2D eigenvalue weighted by Crippen LogP contribution is -2.36. The number of ether oxygens (including phenoxy) is 6. The SMILES string of the molecule is COc1ccc(C(O)=C2C(=O)C(=O)N(C[C@H]3CCCO3)[C@H]2c2cc(OC)c(OC)c(OC)c2)cc1OC. The Hall–Kier alpha value is -3.92. The van der Waals surface area contributed by atoms with E-state index in [1.165, 1.54) is 40.4 Å². The number of nitrogens with zero attached hydrogens (tertiary/aromatic N) is 1. The molecular weight excluding hydrogens is 482 g/mol. The van der Waals surface area contributed by atoms with E-state index in [9.17, 15) is 14.7 Å². The van der Waals surface area contributed by atoms with Gasteiger partial charge in [0.05, 0.1) is 53.3 Å². The third-order valence-electron chi connectivity index (χ3n) is 6.62. The fourth-order valence-electron chi connectivity index (χ4n) is 4.82. The highest BCUT2D eigenvalue weighted by atomic mass is 16.5. The second-order valence-corrected chi connectivity index (χ2v) is 8.61. The van der Waals surface area contributed by atoms with Crippen LogP contribution < -0.4 is 23.7 Å². The summed E-state index contributed by atoms with van der Waals surface area (Å²) >= 11 is 0. The molecule has 0 aromatic heterocycles. The summed E-state index contributed by atoms with van der Waals surface area (Å²) in [6.45, 7) is 0.781. The van der Waals surface area contributed by atoms with Crippen LogP contribution in [0.1, 0.15) is 30.0 Å². The first kappa shape index (κ1) is 26.2. The van der Waals surface area contributed by atoms with Gasteiger partial charge in [-0.25, -0.2) is 0 Å². The molecule has 2 heterocycles. The molecule has 2 saturated heterocycles. The lowest BCUT2D eigenvalue weighted by Gasteiger charge is -2.28. The molecule has 0 aliphatic carbocycles. The van der Waals surface area contributed by atoms with Crippen LogP contribution in [0.3, 0.4) is 0 Å². The Labute approximate surface area is 215 Å². The third kappa shape index (κ3) is 4.76. The van der Waals surface area contributed by atoms with Gasteiger partial charge >= 0.3 is 0 Å². The Morgan fingerprint density at radius 1 is 0.919 bits per heavy atom. The van der Waals surface area contributed by atoms with Gasteiger partial charge in [-0.3, -0.25) is 9.59 Å². The number of likely N-dealkylation sites (tertiary alicyclic amines) is 1. The second kappa shape index (κ2) is 11.0. The predicted molar refractivity (Wildman–Crippen MR) is 134 cm³/mol. The molecule has 0 spiro atoms. The fraction of sp³-hybridized carbons (Fsp3) is 0.407. The predicted octanol–water partition coefficient (Wildman–Crippen LogP) is 3.33. The first-order valence-electron chi connectivity index (χ1n) is 11.8. The maximum Gasteiger partial charge on any atom is 0.295 e. The van der Waals surface area contributed by atoms with Crippen molar-refractivity contribution in [2.75, 3.05) is 48.7 Å². The molecule has 2 aromatic carbocycles. The summed E-state index contributed by atoms with van der Waals surface area (Å²) < 4.78 is 32.9. The number of carbonyl (C=O) groups is 2. The highest BCUT2D eigenvalue weighted by Crippen LogP contribution is 2.46. The summed E-state index contributed by atoms with van der Waals surface area (Å²) in [7, 11) is 7.42. The van der Waals surface area contributed by atoms with Gasteiger partial charge in [-0.05, 0) is 48.7 Å². The summed E-state index contributed by atoms with van der Waals surface area (Å²) in [6, 6.07) is 7.17. The van der Waals surface area contributed by atoms with E-state index in [1.807, 2.05) is 0 Å². The van der Waals surface area contributed by atoms with E-state index in [2.05, 4.69) is 0 Å². The quantitative estimate of drug-likeness (QED) is 0.306. The number of amides is 1. The summed E-state index contributed by atoms with van der Waals surface area (Å²) in [4.78, 5) is 28.2. The minimum Gasteiger partial charge on any atom is -0.507 e. The number of Topliss-reactive ketones (excluding diaryl/α,β-unsaturated/α-hetero) is 1. The minimum atomic E-state index is -0.925. The number of benzene rings is 2. The summed E-state index contributed by atoms with van der Waals surface area (Å²) in [5, 5.41) is 11.4. The van der Waals surface area contributed by atoms with Crippen molar-refractivity contribution < 1.29 is 43.1 Å². The zero-order chi connectivity index (χ0) is 26.7. The lowest BCUT2D eigenvalue weighted by molar-refractivity contribution is -0.140. The molecular formula is C27H31NO9. The molecule has 2 aliphatic heterocycles. The third-order valence-corrected chi connectivity index (χ3v) is 6.62. The number of hydrogen-bond acceptors (Lipinski definition) is 9. The van der Waals surface area contributed by atoms with Crippen LogP contribution in [0.4, 0.5) is 0 Å². The molecule has 10 nitrogen and oxygen atoms in total. The smallest absolute Gasteiger partial charge is 0.295 e. The van der Waals surface area contributed by atoms with Gasteiger partial charge in [-0.1, -0.05) is 0 Å². The number of aliphatic hydroxyl groups is 1. The van der Waals surface area contributed by atoms with Crippen molar-refractivity contribution in [1.29, 1.82) is 0 Å². The molecule has 2 aromatic rings. The molecule has 198 valence electrons. The summed E-state index contributed by atoms with van der Waals surface area (Å²) in [5.74, 6) is 0.0257. The highest BCUT2D eigenvalue weighted by molar-refractivity contribution is 6.46. The van der Waals surface area contributed by atoms with E-state index in [4.69, 9.17) is 28.4 Å². The monoisotopic (exact) mass is 513 g/mol. The van der Waals surface area contributed by atoms with Gasteiger partial charge in [0.15, 0.2) is 23.0 Å². The minimum absolute atomic E-state index is 0.0653. The van der Waals surface area contributed by atoms with Crippen LogP contribution >= 0.6 is 0 Å². The van der Waals surface area contributed by atoms with E-state index in [1.54, 1.807) is 30.3 Å². The lowest BCUT2D eigenvalue weighted by atomic mass is 9.94. The fourth-order valence-corrected chi connectivity index (χ4v) is 4.82. The average Bonchev–Trinajstić information content (AvgIpc) is 3.53. The van der Waals surface area contributed by atoms with Gasteiger partial charge in [0.2, 0.25) is 5.75 Å². The standard InChI is InChI=1S/C27H31NO9/c1-32-18-9-8-15(11-19(18)33-2)24(29)22-23(16-12-20(34-3)26(36-5)21(13-16)35-4)28(27(31)25(22)30)14-17-7-6-10-37-17/h8-9,11-13,17,23,29H,6-7,10,14H2,1-5H3/t17-,23+/m1/s1. The van der Waals surface area contributed by atoms with Crippen molar-refractivity contribution in [3.8, 4) is 28.7 Å². The van der Waals surface area contributed by atoms with E-state index in [0.717, 1.165) is 12.8 Å². The molecule has 37 heavy (non-hydrogen) atoms. The van der Waals surface area contributed by atoms with Crippen LogP contribution in [0, 0.1) is 0 Å². The zero-order valence-electron chi connectivity index (χ0n) is 21.5. The van der Waals surface area contributed by atoms with E-state index in [0.29, 0.717) is 46.5 Å². The molecule has 2 aliphatic rings. The van der Waals surface area contributed by atoms with Gasteiger partial charge in [-0.15, -0.1) is 0 Å². The Morgan fingerprint density at radius 3 is 2.11 bits per heavy atom. The maximum atomic E-state index is 13.4. The van der Waals surface area contributed by atoms with Crippen LogP contribution in [0.2, 0.25) is 0 Å². The van der Waals surface area contributed by atoms with Gasteiger partial charge < -0.3 is 38.4 Å². The second-order valence-electron chi connectivity index (χ2n) is 8.61. The largest absolute Gasteiger partial charge is 0.507 e. The number of ketones is 1. The number of rotatable bonds is 9. The van der Waals surface area contributed by atoms with E-state index < -0.39 is 17.7 Å². The Kier molecular flexibility index (Phi) is 7.77.